The molecule has 0 aliphatic carbocycles. The number of nitrogens with two attached hydrogens (primary N) is 1. The van der Waals surface area contributed by atoms with E-state index >= 15 is 0 Å². The molecule has 1 amide bonds. The Hall–Kier alpha value is -1.84. The molecule has 1 aliphatic heterocycles. The normalized spacial score (nSPS) is 15.3. The van der Waals surface area contributed by atoms with Gasteiger partial charge in [0.2, 0.25) is 10.0 Å². The third-order valence-electron chi connectivity index (χ3n) is 3.88. The number of phenols is 1. The number of sulfonamides is 1. The van der Waals surface area contributed by atoms with Gasteiger partial charge in [0, 0.05) is 38.3 Å². The highest BCUT2D eigenvalue weighted by molar-refractivity contribution is 7.89. The SMILES string of the molecule is CCCCNc1cc(C(=O)N2CCNCC2)cc(S(N)(=O)=O)c1O. The average molecular weight is 356 g/mol. The van der Waals surface area contributed by atoms with Crippen molar-refractivity contribution in [3.63, 3.8) is 0 Å². The Morgan fingerprint density at radius 1 is 1.38 bits per heavy atom. The Kier molecular flexibility index (Phi) is 6.03. The summed E-state index contributed by atoms with van der Waals surface area (Å²) in [4.78, 5) is 13.8. The van der Waals surface area contributed by atoms with Crippen molar-refractivity contribution in [1.29, 1.82) is 0 Å². The molecule has 1 aromatic rings. The minimum Gasteiger partial charge on any atom is -0.504 e. The summed E-state index contributed by atoms with van der Waals surface area (Å²) in [6, 6.07) is 2.62. The second-order valence-electron chi connectivity index (χ2n) is 5.74. The third kappa shape index (κ3) is 4.37. The van der Waals surface area contributed by atoms with Crippen molar-refractivity contribution in [2.75, 3.05) is 38.0 Å². The Balaban J connectivity index is 2.39. The van der Waals surface area contributed by atoms with Gasteiger partial charge in [0.1, 0.15) is 4.90 Å². The number of anilines is 1. The molecule has 0 spiro atoms. The number of benzene rings is 1. The van der Waals surface area contributed by atoms with Gasteiger partial charge in [-0.25, -0.2) is 13.6 Å². The monoisotopic (exact) mass is 356 g/mol. The molecule has 0 saturated carbocycles. The van der Waals surface area contributed by atoms with Gasteiger partial charge >= 0.3 is 0 Å². The van der Waals surface area contributed by atoms with Crippen molar-refractivity contribution in [2.24, 2.45) is 5.14 Å². The van der Waals surface area contributed by atoms with Crippen LogP contribution >= 0.6 is 0 Å². The van der Waals surface area contributed by atoms with Crippen LogP contribution in [0.25, 0.3) is 0 Å². The van der Waals surface area contributed by atoms with Crippen molar-refractivity contribution in [1.82, 2.24) is 10.2 Å². The molecule has 0 unspecified atom stereocenters. The van der Waals surface area contributed by atoms with E-state index in [1.807, 2.05) is 6.92 Å². The van der Waals surface area contributed by atoms with E-state index in [2.05, 4.69) is 10.6 Å². The summed E-state index contributed by atoms with van der Waals surface area (Å²) >= 11 is 0. The van der Waals surface area contributed by atoms with Gasteiger partial charge in [0.15, 0.2) is 5.75 Å². The van der Waals surface area contributed by atoms with Crippen LogP contribution in [0, 0.1) is 0 Å². The summed E-state index contributed by atoms with van der Waals surface area (Å²) < 4.78 is 23.5. The Bertz CT molecular complexity index is 700. The standard InChI is InChI=1S/C15H24N4O4S/c1-2-3-4-18-12-9-11(10-13(14(12)20)24(16,22)23)15(21)19-7-5-17-6-8-19/h9-10,17-18,20H,2-8H2,1H3,(H2,16,22,23). The average Bonchev–Trinajstić information content (AvgIpc) is 2.55. The van der Waals surface area contributed by atoms with Crippen LogP contribution in [-0.4, -0.2) is 57.1 Å². The molecule has 5 N–H and O–H groups in total. The summed E-state index contributed by atoms with van der Waals surface area (Å²) in [6.45, 7) is 5.04. The number of nitrogens with one attached hydrogen (secondary N) is 2. The zero-order valence-corrected chi connectivity index (χ0v) is 14.5. The van der Waals surface area contributed by atoms with Crippen molar-refractivity contribution in [3.05, 3.63) is 17.7 Å². The predicted octanol–water partition coefficient (Wildman–Crippen LogP) is 0.297. The molecule has 9 heteroatoms. The summed E-state index contributed by atoms with van der Waals surface area (Å²) in [5.41, 5.74) is 0.395. The molecule has 1 aromatic carbocycles. The predicted molar refractivity (Wildman–Crippen MR) is 91.7 cm³/mol. The van der Waals surface area contributed by atoms with E-state index in [1.54, 1.807) is 4.90 Å². The largest absolute Gasteiger partial charge is 0.504 e. The molecule has 0 aromatic heterocycles. The van der Waals surface area contributed by atoms with Crippen LogP contribution in [0.5, 0.6) is 5.75 Å². The summed E-state index contributed by atoms with van der Waals surface area (Å²) in [5, 5.41) is 21.5. The Morgan fingerprint density at radius 2 is 2.04 bits per heavy atom. The number of rotatable bonds is 6. The molecule has 134 valence electrons. The van der Waals surface area contributed by atoms with Crippen LogP contribution in [0.1, 0.15) is 30.1 Å². The lowest BCUT2D eigenvalue weighted by molar-refractivity contribution is 0.0735. The zero-order valence-electron chi connectivity index (χ0n) is 13.7. The van der Waals surface area contributed by atoms with Gasteiger partial charge in [-0.05, 0) is 18.6 Å². The molecule has 0 bridgehead atoms. The highest BCUT2D eigenvalue weighted by atomic mass is 32.2. The molecule has 8 nitrogen and oxygen atoms in total. The van der Waals surface area contributed by atoms with Crippen LogP contribution in [0.3, 0.4) is 0 Å². The maximum absolute atomic E-state index is 12.6. The number of aromatic hydroxyl groups is 1. The molecule has 1 saturated heterocycles. The molecule has 1 heterocycles. The third-order valence-corrected chi connectivity index (χ3v) is 4.80. The molecular weight excluding hydrogens is 332 g/mol. The number of piperazine rings is 1. The van der Waals surface area contributed by atoms with E-state index in [0.717, 1.165) is 18.9 Å². The van der Waals surface area contributed by atoms with E-state index in [4.69, 9.17) is 5.14 Å². The van der Waals surface area contributed by atoms with Crippen LogP contribution < -0.4 is 15.8 Å². The quantitative estimate of drug-likeness (QED) is 0.429. The number of nitrogens with zero attached hydrogens (tertiary/aromatic N) is 1. The van der Waals surface area contributed by atoms with Gasteiger partial charge in [-0.15, -0.1) is 0 Å². The number of carbonyl (C=O) groups excluding carboxylic acids is 1. The van der Waals surface area contributed by atoms with E-state index in [-0.39, 0.29) is 17.2 Å². The number of hydrogen-bond acceptors (Lipinski definition) is 6. The molecule has 2 rings (SSSR count). The summed E-state index contributed by atoms with van der Waals surface area (Å²) in [6.07, 6.45) is 1.79. The van der Waals surface area contributed by atoms with Gasteiger partial charge in [-0.2, -0.15) is 0 Å². The highest BCUT2D eigenvalue weighted by Crippen LogP contribution is 2.32. The smallest absolute Gasteiger partial charge is 0.254 e. The van der Waals surface area contributed by atoms with Gasteiger partial charge < -0.3 is 20.6 Å². The summed E-state index contributed by atoms with van der Waals surface area (Å²) in [5.74, 6) is -0.731. The first kappa shape index (κ1) is 18.5. The first-order chi connectivity index (χ1) is 11.3. The zero-order chi connectivity index (χ0) is 17.7. The number of unbranched alkanes of at least 4 members (excludes halogenated alkanes) is 1. The second-order valence-corrected chi connectivity index (χ2v) is 7.27. The number of primary sulfonamides is 1. The van der Waals surface area contributed by atoms with E-state index in [9.17, 15) is 18.3 Å². The van der Waals surface area contributed by atoms with Gasteiger partial charge in [-0.1, -0.05) is 13.3 Å². The van der Waals surface area contributed by atoms with Crippen LogP contribution in [0.4, 0.5) is 5.69 Å². The van der Waals surface area contributed by atoms with Crippen LogP contribution in [-0.2, 0) is 10.0 Å². The van der Waals surface area contributed by atoms with Crippen molar-refractivity contribution >= 4 is 21.6 Å². The van der Waals surface area contributed by atoms with E-state index in [0.29, 0.717) is 32.7 Å². The Morgan fingerprint density at radius 3 is 2.62 bits per heavy atom. The maximum atomic E-state index is 12.6. The molecule has 0 radical (unpaired) electrons. The van der Waals surface area contributed by atoms with Crippen LogP contribution in [0.2, 0.25) is 0 Å². The first-order valence-electron chi connectivity index (χ1n) is 7.98. The highest BCUT2D eigenvalue weighted by Gasteiger charge is 2.24. The molecule has 1 aliphatic rings. The molecular formula is C15H24N4O4S. The van der Waals surface area contributed by atoms with Crippen LogP contribution in [0.15, 0.2) is 17.0 Å². The first-order valence-corrected chi connectivity index (χ1v) is 9.53. The topological polar surface area (TPSA) is 125 Å². The fraction of sp³-hybridized carbons (Fsp3) is 0.533. The molecule has 24 heavy (non-hydrogen) atoms. The number of phenolic OH excluding ortho intramolecular Hbond substituents is 1. The van der Waals surface area contributed by atoms with Crippen molar-refractivity contribution < 1.29 is 18.3 Å². The van der Waals surface area contributed by atoms with Crippen molar-refractivity contribution in [2.45, 2.75) is 24.7 Å². The van der Waals surface area contributed by atoms with Gasteiger partial charge in [0.05, 0.1) is 5.69 Å². The van der Waals surface area contributed by atoms with E-state index < -0.39 is 20.7 Å². The lowest BCUT2D eigenvalue weighted by Crippen LogP contribution is -2.46. The number of carbonyl (C=O) groups is 1. The Labute approximate surface area is 142 Å². The lowest BCUT2D eigenvalue weighted by Gasteiger charge is -2.27. The lowest BCUT2D eigenvalue weighted by atomic mass is 10.1. The fourth-order valence-electron chi connectivity index (χ4n) is 2.53. The second kappa shape index (κ2) is 7.82. The minimum atomic E-state index is -4.15. The fourth-order valence-corrected chi connectivity index (χ4v) is 3.20. The summed E-state index contributed by atoms with van der Waals surface area (Å²) in [7, 11) is -4.15. The number of amides is 1. The van der Waals surface area contributed by atoms with Gasteiger partial charge in [-0.3, -0.25) is 4.79 Å². The molecule has 1 fully saturated rings. The van der Waals surface area contributed by atoms with Gasteiger partial charge in [0.25, 0.3) is 5.91 Å². The van der Waals surface area contributed by atoms with Crippen molar-refractivity contribution in [3.8, 4) is 5.75 Å². The molecule has 0 atom stereocenters. The van der Waals surface area contributed by atoms with E-state index in [1.165, 1.54) is 6.07 Å². The maximum Gasteiger partial charge on any atom is 0.254 e. The number of hydrogen-bond donors (Lipinski definition) is 4. The minimum absolute atomic E-state index is 0.192.